The van der Waals surface area contributed by atoms with Gasteiger partial charge in [-0.05, 0) is 17.7 Å². The van der Waals surface area contributed by atoms with E-state index in [1.54, 1.807) is 17.1 Å². The molecule has 0 atom stereocenters. The number of carbonyl (C=O) groups is 1. The maximum atomic E-state index is 10.8. The van der Waals surface area contributed by atoms with Crippen molar-refractivity contribution in [2.45, 2.75) is 13.0 Å². The predicted octanol–water partition coefficient (Wildman–Crippen LogP) is 1.82. The number of aryl methyl sites for hydroxylation is 1. The molecule has 0 aliphatic heterocycles. The zero-order chi connectivity index (χ0) is 14.7. The van der Waals surface area contributed by atoms with Crippen molar-refractivity contribution in [3.8, 4) is 22.4 Å². The quantitative estimate of drug-likeness (QED) is 0.747. The van der Waals surface area contributed by atoms with Crippen LogP contribution in [0.15, 0.2) is 48.9 Å². The molecule has 6 nitrogen and oxygen atoms in total. The second kappa shape index (κ2) is 5.62. The lowest BCUT2D eigenvalue weighted by molar-refractivity contribution is -0.118. The van der Waals surface area contributed by atoms with E-state index in [1.165, 1.54) is 0 Å². The molecule has 0 saturated carbocycles. The monoisotopic (exact) mass is 281 g/mol. The van der Waals surface area contributed by atoms with Crippen LogP contribution in [-0.2, 0) is 11.3 Å². The molecule has 3 rings (SSSR count). The first-order valence-electron chi connectivity index (χ1n) is 6.63. The van der Waals surface area contributed by atoms with Gasteiger partial charge in [-0.1, -0.05) is 18.2 Å². The van der Waals surface area contributed by atoms with Gasteiger partial charge < -0.3 is 5.73 Å². The van der Waals surface area contributed by atoms with Crippen molar-refractivity contribution in [2.75, 3.05) is 0 Å². The summed E-state index contributed by atoms with van der Waals surface area (Å²) in [7, 11) is 0. The fourth-order valence-electron chi connectivity index (χ4n) is 2.14. The Labute approximate surface area is 121 Å². The number of amides is 1. The van der Waals surface area contributed by atoms with E-state index in [4.69, 9.17) is 5.73 Å². The molecule has 2 aromatic heterocycles. The van der Waals surface area contributed by atoms with Crippen LogP contribution in [0.3, 0.4) is 0 Å². The Morgan fingerprint density at radius 3 is 2.86 bits per heavy atom. The number of rotatable bonds is 5. The minimum atomic E-state index is -0.326. The molecule has 106 valence electrons. The van der Waals surface area contributed by atoms with Gasteiger partial charge >= 0.3 is 0 Å². The van der Waals surface area contributed by atoms with Crippen LogP contribution in [0, 0.1) is 0 Å². The SMILES string of the molecule is NC(=O)CCn1cc(-c2cccc(-c3ccn[nH]3)c2)cn1. The van der Waals surface area contributed by atoms with E-state index in [1.807, 2.05) is 30.5 Å². The van der Waals surface area contributed by atoms with Crippen LogP contribution < -0.4 is 5.73 Å². The maximum Gasteiger partial charge on any atom is 0.219 e. The minimum Gasteiger partial charge on any atom is -0.370 e. The number of aromatic nitrogens is 4. The van der Waals surface area contributed by atoms with Crippen LogP contribution in [0.5, 0.6) is 0 Å². The number of hydrogen-bond acceptors (Lipinski definition) is 3. The third kappa shape index (κ3) is 3.00. The van der Waals surface area contributed by atoms with Gasteiger partial charge in [0.2, 0.25) is 5.91 Å². The zero-order valence-corrected chi connectivity index (χ0v) is 11.4. The molecule has 1 amide bonds. The van der Waals surface area contributed by atoms with Crippen LogP contribution in [0.2, 0.25) is 0 Å². The van der Waals surface area contributed by atoms with Gasteiger partial charge in [-0.2, -0.15) is 10.2 Å². The zero-order valence-electron chi connectivity index (χ0n) is 11.4. The first kappa shape index (κ1) is 13.1. The number of nitrogens with zero attached hydrogens (tertiary/aromatic N) is 3. The molecule has 21 heavy (non-hydrogen) atoms. The van der Waals surface area contributed by atoms with Gasteiger partial charge in [-0.25, -0.2) is 0 Å². The molecule has 3 N–H and O–H groups in total. The molecule has 0 fully saturated rings. The Bertz CT molecular complexity index is 745. The summed E-state index contributed by atoms with van der Waals surface area (Å²) in [4.78, 5) is 10.8. The highest BCUT2D eigenvalue weighted by Crippen LogP contribution is 2.24. The van der Waals surface area contributed by atoms with Crippen molar-refractivity contribution in [1.29, 1.82) is 0 Å². The number of primary amides is 1. The van der Waals surface area contributed by atoms with E-state index in [2.05, 4.69) is 21.4 Å². The molecular weight excluding hydrogens is 266 g/mol. The molecule has 6 heteroatoms. The summed E-state index contributed by atoms with van der Waals surface area (Å²) in [6.45, 7) is 0.496. The first-order valence-corrected chi connectivity index (χ1v) is 6.63. The molecule has 0 aliphatic rings. The van der Waals surface area contributed by atoms with E-state index >= 15 is 0 Å². The largest absolute Gasteiger partial charge is 0.370 e. The summed E-state index contributed by atoms with van der Waals surface area (Å²) < 4.78 is 1.73. The van der Waals surface area contributed by atoms with Crippen molar-refractivity contribution >= 4 is 5.91 Å². The van der Waals surface area contributed by atoms with E-state index in [0.717, 1.165) is 22.4 Å². The number of nitrogens with two attached hydrogens (primary N) is 1. The number of nitrogens with one attached hydrogen (secondary N) is 1. The molecule has 0 saturated heterocycles. The Morgan fingerprint density at radius 2 is 2.10 bits per heavy atom. The third-order valence-corrected chi connectivity index (χ3v) is 3.23. The van der Waals surface area contributed by atoms with Crippen molar-refractivity contribution in [3.63, 3.8) is 0 Å². The van der Waals surface area contributed by atoms with Gasteiger partial charge in [-0.15, -0.1) is 0 Å². The number of benzene rings is 1. The molecule has 0 spiro atoms. The fraction of sp³-hybridized carbons (Fsp3) is 0.133. The van der Waals surface area contributed by atoms with E-state index in [9.17, 15) is 4.79 Å². The average Bonchev–Trinajstić information content (AvgIpc) is 3.17. The van der Waals surface area contributed by atoms with Crippen molar-refractivity contribution in [1.82, 2.24) is 20.0 Å². The fourth-order valence-corrected chi connectivity index (χ4v) is 2.14. The number of H-pyrrole nitrogens is 1. The lowest BCUT2D eigenvalue weighted by Crippen LogP contribution is -2.13. The van der Waals surface area contributed by atoms with Crippen LogP contribution in [0.25, 0.3) is 22.4 Å². The Kier molecular flexibility index (Phi) is 3.51. The topological polar surface area (TPSA) is 89.6 Å². The predicted molar refractivity (Wildman–Crippen MR) is 79.1 cm³/mol. The average molecular weight is 281 g/mol. The Balaban J connectivity index is 1.84. The second-order valence-electron chi connectivity index (χ2n) is 4.76. The smallest absolute Gasteiger partial charge is 0.219 e. The first-order chi connectivity index (χ1) is 10.2. The lowest BCUT2D eigenvalue weighted by Gasteiger charge is -2.01. The summed E-state index contributed by atoms with van der Waals surface area (Å²) >= 11 is 0. The van der Waals surface area contributed by atoms with Gasteiger partial charge in [0.1, 0.15) is 0 Å². The van der Waals surface area contributed by atoms with Crippen molar-refractivity contribution in [3.05, 3.63) is 48.9 Å². The van der Waals surface area contributed by atoms with Crippen LogP contribution in [-0.4, -0.2) is 25.9 Å². The summed E-state index contributed by atoms with van der Waals surface area (Å²) in [5, 5.41) is 11.2. The Hall–Kier alpha value is -2.89. The number of aromatic amines is 1. The van der Waals surface area contributed by atoms with Crippen LogP contribution in [0.1, 0.15) is 6.42 Å². The van der Waals surface area contributed by atoms with Gasteiger partial charge in [-0.3, -0.25) is 14.6 Å². The van der Waals surface area contributed by atoms with Gasteiger partial charge in [0.05, 0.1) is 11.9 Å². The van der Waals surface area contributed by atoms with E-state index < -0.39 is 0 Å². The van der Waals surface area contributed by atoms with Gasteiger partial charge in [0, 0.05) is 36.5 Å². The highest BCUT2D eigenvalue weighted by Gasteiger charge is 2.05. The van der Waals surface area contributed by atoms with Crippen LogP contribution >= 0.6 is 0 Å². The third-order valence-electron chi connectivity index (χ3n) is 3.23. The standard InChI is InChI=1S/C15H15N5O/c16-15(21)5-7-20-10-13(9-18-20)11-2-1-3-12(8-11)14-4-6-17-19-14/h1-4,6,8-10H,5,7H2,(H2,16,21)(H,17,19). The molecule has 0 unspecified atom stereocenters. The van der Waals surface area contributed by atoms with E-state index in [0.29, 0.717) is 6.54 Å². The lowest BCUT2D eigenvalue weighted by atomic mass is 10.0. The molecule has 0 radical (unpaired) electrons. The van der Waals surface area contributed by atoms with Crippen LogP contribution in [0.4, 0.5) is 0 Å². The summed E-state index contributed by atoms with van der Waals surface area (Å²) in [5.41, 5.74) is 9.24. The summed E-state index contributed by atoms with van der Waals surface area (Å²) in [5.74, 6) is -0.326. The second-order valence-corrected chi connectivity index (χ2v) is 4.76. The highest BCUT2D eigenvalue weighted by molar-refractivity contribution is 5.73. The van der Waals surface area contributed by atoms with Gasteiger partial charge in [0.15, 0.2) is 0 Å². The molecule has 0 aliphatic carbocycles. The van der Waals surface area contributed by atoms with Crippen molar-refractivity contribution < 1.29 is 4.79 Å². The summed E-state index contributed by atoms with van der Waals surface area (Å²) in [6, 6.07) is 10.0. The molecule has 1 aromatic carbocycles. The van der Waals surface area contributed by atoms with E-state index in [-0.39, 0.29) is 12.3 Å². The Morgan fingerprint density at radius 1 is 1.24 bits per heavy atom. The normalized spacial score (nSPS) is 10.7. The minimum absolute atomic E-state index is 0.287. The number of hydrogen-bond donors (Lipinski definition) is 2. The highest BCUT2D eigenvalue weighted by atomic mass is 16.1. The molecule has 2 heterocycles. The van der Waals surface area contributed by atoms with Crippen molar-refractivity contribution in [2.24, 2.45) is 5.73 Å². The maximum absolute atomic E-state index is 10.8. The molecular formula is C15H15N5O. The molecule has 3 aromatic rings. The number of carbonyl (C=O) groups excluding carboxylic acids is 1. The molecule has 0 bridgehead atoms. The van der Waals surface area contributed by atoms with Gasteiger partial charge in [0.25, 0.3) is 0 Å². The summed E-state index contributed by atoms with van der Waals surface area (Å²) in [6.07, 6.45) is 5.71.